The number of carbonyl (C=O) groups is 3. The maximum absolute atomic E-state index is 13.8. The normalized spacial score (nSPS) is 21.8. The zero-order chi connectivity index (χ0) is 29.5. The summed E-state index contributed by atoms with van der Waals surface area (Å²) in [4.78, 5) is 45.4. The molecule has 41 heavy (non-hydrogen) atoms. The van der Waals surface area contributed by atoms with Gasteiger partial charge in [-0.15, -0.1) is 0 Å². The lowest BCUT2D eigenvalue weighted by atomic mass is 9.95. The van der Waals surface area contributed by atoms with E-state index in [1.165, 1.54) is 6.21 Å². The maximum atomic E-state index is 13.8. The second-order valence-corrected chi connectivity index (χ2v) is 13.1. The third-order valence-corrected chi connectivity index (χ3v) is 8.68. The molecule has 1 aliphatic carbocycles. The second-order valence-electron chi connectivity index (χ2n) is 12.7. The fraction of sp³-hybridized carbons (Fsp3) is 0.533. The number of amides is 5. The minimum Gasteiger partial charge on any atom is -0.397 e. The summed E-state index contributed by atoms with van der Waals surface area (Å²) in [6, 6.07) is 0.664. The van der Waals surface area contributed by atoms with Crippen LogP contribution in [-0.2, 0) is 17.8 Å². The largest absolute Gasteiger partial charge is 0.397 e. The molecular weight excluding hydrogens is 542 g/mol. The van der Waals surface area contributed by atoms with Crippen LogP contribution in [-0.4, -0.2) is 77.1 Å². The summed E-state index contributed by atoms with van der Waals surface area (Å²) in [5.41, 5.74) is 10.6. The van der Waals surface area contributed by atoms with Crippen molar-refractivity contribution in [3.05, 3.63) is 51.2 Å². The molecule has 3 heterocycles. The van der Waals surface area contributed by atoms with Gasteiger partial charge in [-0.25, -0.2) is 9.59 Å². The summed E-state index contributed by atoms with van der Waals surface area (Å²) >= 11 is 6.40. The quantitative estimate of drug-likeness (QED) is 0.315. The molecule has 1 aromatic rings. The van der Waals surface area contributed by atoms with Crippen LogP contribution in [0.1, 0.15) is 63.1 Å². The third kappa shape index (κ3) is 6.07. The zero-order valence-corrected chi connectivity index (χ0v) is 24.8. The number of anilines is 1. The summed E-state index contributed by atoms with van der Waals surface area (Å²) in [5.74, 6) is -0.167. The van der Waals surface area contributed by atoms with Crippen molar-refractivity contribution >= 4 is 41.5 Å². The molecule has 0 bridgehead atoms. The summed E-state index contributed by atoms with van der Waals surface area (Å²) in [6.45, 7) is 8.52. The van der Waals surface area contributed by atoms with Crippen molar-refractivity contribution < 1.29 is 14.4 Å². The Morgan fingerprint density at radius 2 is 1.98 bits per heavy atom. The molecule has 11 heteroatoms. The Bertz CT molecular complexity index is 1320. The van der Waals surface area contributed by atoms with Gasteiger partial charge in [-0.3, -0.25) is 4.79 Å². The van der Waals surface area contributed by atoms with Crippen LogP contribution in [0.2, 0.25) is 5.02 Å². The molecule has 0 radical (unpaired) electrons. The highest BCUT2D eigenvalue weighted by molar-refractivity contribution is 6.33. The van der Waals surface area contributed by atoms with Crippen molar-refractivity contribution in [2.24, 2.45) is 5.41 Å². The summed E-state index contributed by atoms with van der Waals surface area (Å²) in [6.07, 6.45) is 8.84. The average Bonchev–Trinajstić information content (AvgIpc) is 3.04. The third-order valence-electron chi connectivity index (χ3n) is 8.37. The number of urea groups is 2. The van der Waals surface area contributed by atoms with E-state index in [0.717, 1.165) is 35.2 Å². The molecule has 1 aromatic carbocycles. The first kappa shape index (κ1) is 29.0. The highest BCUT2D eigenvalue weighted by Crippen LogP contribution is 2.33. The number of rotatable bonds is 4. The molecule has 10 nitrogen and oxygen atoms in total. The Balaban J connectivity index is 1.29. The number of nitrogens with two attached hydrogens (primary N) is 1. The number of fused-ring (bicyclic) bond motifs is 1. The topological polar surface area (TPSA) is 135 Å². The van der Waals surface area contributed by atoms with Crippen molar-refractivity contribution in [1.29, 1.82) is 5.41 Å². The van der Waals surface area contributed by atoms with Gasteiger partial charge >= 0.3 is 12.1 Å². The molecule has 0 saturated carbocycles. The molecule has 0 unspecified atom stereocenters. The number of nitrogen functional groups attached to an aromatic ring is 1. The van der Waals surface area contributed by atoms with Gasteiger partial charge in [-0.05, 0) is 53.9 Å². The van der Waals surface area contributed by atoms with Gasteiger partial charge in [-0.2, -0.15) is 0 Å². The summed E-state index contributed by atoms with van der Waals surface area (Å²) < 4.78 is 0. The van der Waals surface area contributed by atoms with Crippen LogP contribution in [0.5, 0.6) is 0 Å². The second kappa shape index (κ2) is 11.4. The van der Waals surface area contributed by atoms with Crippen LogP contribution < -0.4 is 16.4 Å². The van der Waals surface area contributed by atoms with E-state index in [9.17, 15) is 14.4 Å². The predicted octanol–water partition coefficient (Wildman–Crippen LogP) is 4.02. The molecule has 1 saturated heterocycles. The van der Waals surface area contributed by atoms with Crippen molar-refractivity contribution in [2.45, 2.75) is 71.5 Å². The first-order valence-corrected chi connectivity index (χ1v) is 14.7. The first-order chi connectivity index (χ1) is 19.4. The molecule has 220 valence electrons. The van der Waals surface area contributed by atoms with Crippen LogP contribution in [0.15, 0.2) is 29.5 Å². The number of benzene rings is 1. The van der Waals surface area contributed by atoms with Crippen LogP contribution in [0.3, 0.4) is 0 Å². The molecule has 0 spiro atoms. The van der Waals surface area contributed by atoms with Crippen LogP contribution in [0, 0.1) is 10.8 Å². The van der Waals surface area contributed by atoms with E-state index in [-0.39, 0.29) is 35.8 Å². The molecule has 3 aliphatic heterocycles. The number of likely N-dealkylation sites (tertiary alicyclic amines) is 1. The van der Waals surface area contributed by atoms with Crippen LogP contribution in [0.25, 0.3) is 0 Å². The fourth-order valence-corrected chi connectivity index (χ4v) is 6.54. The Kier molecular flexibility index (Phi) is 8.05. The van der Waals surface area contributed by atoms with Gasteiger partial charge in [0.25, 0.3) is 0 Å². The van der Waals surface area contributed by atoms with Gasteiger partial charge in [0.1, 0.15) is 6.04 Å². The van der Waals surface area contributed by atoms with Gasteiger partial charge in [0.2, 0.25) is 5.91 Å². The van der Waals surface area contributed by atoms with E-state index in [1.807, 2.05) is 4.90 Å². The molecule has 1 fully saturated rings. The lowest BCUT2D eigenvalue weighted by molar-refractivity contribution is -0.134. The summed E-state index contributed by atoms with van der Waals surface area (Å²) in [5, 5.41) is 14.3. The van der Waals surface area contributed by atoms with Crippen molar-refractivity contribution in [3.63, 3.8) is 0 Å². The van der Waals surface area contributed by atoms with Gasteiger partial charge in [0, 0.05) is 62.7 Å². The molecule has 1 atom stereocenters. The zero-order valence-electron chi connectivity index (χ0n) is 24.1. The van der Waals surface area contributed by atoms with Crippen LogP contribution in [0.4, 0.5) is 15.3 Å². The first-order valence-electron chi connectivity index (χ1n) is 14.4. The van der Waals surface area contributed by atoms with E-state index in [0.29, 0.717) is 61.8 Å². The molecule has 5 rings (SSSR count). The van der Waals surface area contributed by atoms with Gasteiger partial charge in [0.05, 0.1) is 10.7 Å². The van der Waals surface area contributed by atoms with Crippen LogP contribution >= 0.6 is 11.6 Å². The Morgan fingerprint density at radius 1 is 1.24 bits per heavy atom. The monoisotopic (exact) mass is 581 g/mol. The van der Waals surface area contributed by atoms with E-state index >= 15 is 0 Å². The standard InChI is InChI=1S/C30H40ClN7O3/c1-30(2,3)17-37-16-22-19(12-23(31)26(33)21(22)14-32)13-25(27(37)39)35-28(40)36-10-8-20(9-11-36)38-15-18-6-4-5-7-24(18)34-29(38)41/h4,6,12,14,20,25,32H,5,7-11,13,15-17,33H2,1-3H3,(H,34,41)(H,35,40)/t25-/m1/s1. The number of allylic oxidation sites excluding steroid dienone is 2. The number of hydrogen-bond donors (Lipinski definition) is 4. The smallest absolute Gasteiger partial charge is 0.322 e. The molecule has 5 N–H and O–H groups in total. The Morgan fingerprint density at radius 3 is 2.66 bits per heavy atom. The number of halogens is 1. The van der Waals surface area contributed by atoms with Gasteiger partial charge in [0.15, 0.2) is 0 Å². The number of nitrogens with one attached hydrogen (secondary N) is 3. The van der Waals surface area contributed by atoms with Gasteiger partial charge in [-0.1, -0.05) is 44.5 Å². The minimum absolute atomic E-state index is 0.0456. The minimum atomic E-state index is -0.779. The van der Waals surface area contributed by atoms with Gasteiger partial charge < -0.3 is 36.5 Å². The fourth-order valence-electron chi connectivity index (χ4n) is 6.31. The number of nitrogens with zero attached hydrogens (tertiary/aromatic N) is 3. The highest BCUT2D eigenvalue weighted by Gasteiger charge is 2.37. The summed E-state index contributed by atoms with van der Waals surface area (Å²) in [7, 11) is 0. The van der Waals surface area contributed by atoms with E-state index in [1.54, 1.807) is 15.9 Å². The maximum Gasteiger partial charge on any atom is 0.322 e. The van der Waals surface area contributed by atoms with E-state index in [2.05, 4.69) is 43.6 Å². The number of hydrogen-bond acceptors (Lipinski definition) is 5. The lowest BCUT2D eigenvalue weighted by Crippen LogP contribution is -2.57. The average molecular weight is 582 g/mol. The molecule has 5 amide bonds. The van der Waals surface area contributed by atoms with Crippen molar-refractivity contribution in [1.82, 2.24) is 25.3 Å². The lowest BCUT2D eigenvalue weighted by Gasteiger charge is -2.41. The SMILES string of the molecule is CC(C)(C)CN1Cc2c(cc(Cl)c(N)c2C=N)C[C@@H](NC(=O)N2CCC(N3CC4=C(CCC=C4)NC3=O)CC2)C1=O. The molecule has 4 aliphatic rings. The Hall–Kier alpha value is -3.53. The highest BCUT2D eigenvalue weighted by atomic mass is 35.5. The van der Waals surface area contributed by atoms with Crippen molar-refractivity contribution in [3.8, 4) is 0 Å². The molecule has 0 aromatic heterocycles. The predicted molar refractivity (Wildman–Crippen MR) is 160 cm³/mol. The number of piperidine rings is 1. The molecular formula is C30H40ClN7O3. The van der Waals surface area contributed by atoms with Crippen molar-refractivity contribution in [2.75, 3.05) is 31.9 Å². The number of carbonyl (C=O) groups excluding carboxylic acids is 3. The Labute approximate surface area is 246 Å². The van der Waals surface area contributed by atoms with E-state index in [4.69, 9.17) is 22.7 Å². The van der Waals surface area contributed by atoms with E-state index < -0.39 is 6.04 Å².